The molecule has 0 aliphatic rings. The molecule has 0 aliphatic heterocycles. The molecule has 0 saturated carbocycles. The maximum Gasteiger partial charge on any atom is 0.0543 e. The zero-order chi connectivity index (χ0) is 9.68. The molecule has 13 heavy (non-hydrogen) atoms. The van der Waals surface area contributed by atoms with Gasteiger partial charge in [0.1, 0.15) is 0 Å². The van der Waals surface area contributed by atoms with Gasteiger partial charge in [0.05, 0.1) is 5.02 Å². The fourth-order valence-electron chi connectivity index (χ4n) is 0.850. The van der Waals surface area contributed by atoms with Crippen LogP contribution in [0.4, 0.5) is 5.69 Å². The summed E-state index contributed by atoms with van der Waals surface area (Å²) < 4.78 is 0. The van der Waals surface area contributed by atoms with Gasteiger partial charge in [-0.1, -0.05) is 11.6 Å². The summed E-state index contributed by atoms with van der Waals surface area (Å²) in [6.07, 6.45) is 5.89. The number of benzene rings is 1. The SMILES string of the molecule is C#CCCSc1cc(N)ccc1Cl. The molecule has 3 heteroatoms. The highest BCUT2D eigenvalue weighted by molar-refractivity contribution is 7.99. The topological polar surface area (TPSA) is 26.0 Å². The third-order valence-electron chi connectivity index (χ3n) is 1.46. The van der Waals surface area contributed by atoms with Gasteiger partial charge in [0, 0.05) is 22.8 Å². The van der Waals surface area contributed by atoms with Gasteiger partial charge >= 0.3 is 0 Å². The number of anilines is 1. The van der Waals surface area contributed by atoms with Crippen molar-refractivity contribution in [2.45, 2.75) is 11.3 Å². The van der Waals surface area contributed by atoms with Gasteiger partial charge in [-0.2, -0.15) is 0 Å². The van der Waals surface area contributed by atoms with Crippen LogP contribution in [-0.4, -0.2) is 5.75 Å². The van der Waals surface area contributed by atoms with Gasteiger partial charge in [-0.05, 0) is 18.2 Å². The van der Waals surface area contributed by atoms with Crippen LogP contribution in [-0.2, 0) is 0 Å². The normalized spacial score (nSPS) is 9.54. The van der Waals surface area contributed by atoms with E-state index in [1.54, 1.807) is 23.9 Å². The summed E-state index contributed by atoms with van der Waals surface area (Å²) in [6.45, 7) is 0. The first-order valence-corrected chi connectivity index (χ1v) is 5.21. The van der Waals surface area contributed by atoms with Crippen molar-refractivity contribution < 1.29 is 0 Å². The van der Waals surface area contributed by atoms with Gasteiger partial charge in [0.2, 0.25) is 0 Å². The second-order valence-corrected chi connectivity index (χ2v) is 4.04. The molecular formula is C10H10ClNS. The fourth-order valence-corrected chi connectivity index (χ4v) is 2.00. The Kier molecular flexibility index (Phi) is 4.01. The first kappa shape index (κ1) is 10.3. The molecular weight excluding hydrogens is 202 g/mol. The Hall–Kier alpha value is -0.780. The smallest absolute Gasteiger partial charge is 0.0543 e. The molecule has 0 spiro atoms. The Morgan fingerprint density at radius 2 is 2.31 bits per heavy atom. The molecule has 0 atom stereocenters. The first-order valence-electron chi connectivity index (χ1n) is 3.85. The van der Waals surface area contributed by atoms with E-state index in [0.717, 1.165) is 27.8 Å². The van der Waals surface area contributed by atoms with E-state index in [-0.39, 0.29) is 0 Å². The van der Waals surface area contributed by atoms with E-state index in [4.69, 9.17) is 23.8 Å². The van der Waals surface area contributed by atoms with Crippen molar-refractivity contribution in [3.05, 3.63) is 23.2 Å². The molecule has 1 nitrogen and oxygen atoms in total. The number of hydrogen-bond acceptors (Lipinski definition) is 2. The van der Waals surface area contributed by atoms with Crippen molar-refractivity contribution in [3.8, 4) is 12.3 Å². The molecule has 0 amide bonds. The quantitative estimate of drug-likeness (QED) is 0.360. The van der Waals surface area contributed by atoms with Gasteiger partial charge in [-0.3, -0.25) is 0 Å². The second-order valence-electron chi connectivity index (χ2n) is 2.49. The molecule has 1 rings (SSSR count). The summed E-state index contributed by atoms with van der Waals surface area (Å²) in [6, 6.07) is 5.45. The van der Waals surface area contributed by atoms with Crippen LogP contribution in [0, 0.1) is 12.3 Å². The van der Waals surface area contributed by atoms with Crippen molar-refractivity contribution in [1.82, 2.24) is 0 Å². The van der Waals surface area contributed by atoms with Crippen molar-refractivity contribution in [1.29, 1.82) is 0 Å². The minimum Gasteiger partial charge on any atom is -0.399 e. The molecule has 1 aromatic carbocycles. The van der Waals surface area contributed by atoms with E-state index in [9.17, 15) is 0 Å². The highest BCUT2D eigenvalue weighted by Crippen LogP contribution is 2.29. The van der Waals surface area contributed by atoms with E-state index < -0.39 is 0 Å². The first-order chi connectivity index (χ1) is 6.24. The number of nitrogens with two attached hydrogens (primary N) is 1. The molecule has 0 unspecified atom stereocenters. The Bertz CT molecular complexity index is 330. The van der Waals surface area contributed by atoms with Crippen molar-refractivity contribution in [3.63, 3.8) is 0 Å². The highest BCUT2D eigenvalue weighted by atomic mass is 35.5. The summed E-state index contributed by atoms with van der Waals surface area (Å²) in [5.74, 6) is 3.45. The lowest BCUT2D eigenvalue weighted by Crippen LogP contribution is -1.85. The third kappa shape index (κ3) is 3.22. The number of nitrogen functional groups attached to an aromatic ring is 1. The van der Waals surface area contributed by atoms with Crippen molar-refractivity contribution in [2.24, 2.45) is 0 Å². The Morgan fingerprint density at radius 3 is 3.00 bits per heavy atom. The predicted molar refractivity (Wildman–Crippen MR) is 60.0 cm³/mol. The molecule has 0 radical (unpaired) electrons. The number of hydrogen-bond donors (Lipinski definition) is 1. The van der Waals surface area contributed by atoms with Crippen molar-refractivity contribution >= 4 is 29.1 Å². The standard InChI is InChI=1S/C10H10ClNS/c1-2-3-6-13-10-7-8(12)4-5-9(10)11/h1,4-5,7H,3,6,12H2. The molecule has 1 aromatic rings. The Balaban J connectivity index is 2.65. The van der Waals surface area contributed by atoms with E-state index in [1.807, 2.05) is 6.07 Å². The number of thioether (sulfide) groups is 1. The summed E-state index contributed by atoms with van der Waals surface area (Å²) in [7, 11) is 0. The minimum absolute atomic E-state index is 0.729. The third-order valence-corrected chi connectivity index (χ3v) is 2.96. The van der Waals surface area contributed by atoms with Crippen LogP contribution in [0.1, 0.15) is 6.42 Å². The zero-order valence-corrected chi connectivity index (χ0v) is 8.66. The van der Waals surface area contributed by atoms with Crippen LogP contribution in [0.2, 0.25) is 5.02 Å². The second kappa shape index (κ2) is 5.06. The average molecular weight is 212 g/mol. The minimum atomic E-state index is 0.729. The van der Waals surface area contributed by atoms with Crippen molar-refractivity contribution in [2.75, 3.05) is 11.5 Å². The highest BCUT2D eigenvalue weighted by Gasteiger charge is 2.00. The zero-order valence-electron chi connectivity index (χ0n) is 7.09. The predicted octanol–water partition coefficient (Wildman–Crippen LogP) is 3.04. The molecule has 0 bridgehead atoms. The van der Waals surface area contributed by atoms with Gasteiger partial charge in [-0.15, -0.1) is 24.1 Å². The fraction of sp³-hybridized carbons (Fsp3) is 0.200. The van der Waals surface area contributed by atoms with E-state index >= 15 is 0 Å². The van der Waals surface area contributed by atoms with Gasteiger partial charge < -0.3 is 5.73 Å². The van der Waals surface area contributed by atoms with Crippen LogP contribution in [0.15, 0.2) is 23.1 Å². The maximum absolute atomic E-state index is 5.95. The van der Waals surface area contributed by atoms with Crippen LogP contribution in [0.25, 0.3) is 0 Å². The monoisotopic (exact) mass is 211 g/mol. The van der Waals surface area contributed by atoms with Crippen LogP contribution in [0.3, 0.4) is 0 Å². The number of rotatable bonds is 3. The summed E-state index contributed by atoms with van der Waals surface area (Å²) in [5, 5.41) is 0.733. The summed E-state index contributed by atoms with van der Waals surface area (Å²) >= 11 is 7.58. The van der Waals surface area contributed by atoms with Gasteiger partial charge in [0.25, 0.3) is 0 Å². The summed E-state index contributed by atoms with van der Waals surface area (Å²) in [4.78, 5) is 0.997. The van der Waals surface area contributed by atoms with E-state index in [2.05, 4.69) is 5.92 Å². The average Bonchev–Trinajstić information content (AvgIpc) is 2.11. The molecule has 0 aromatic heterocycles. The van der Waals surface area contributed by atoms with E-state index in [1.165, 1.54) is 0 Å². The Morgan fingerprint density at radius 1 is 1.54 bits per heavy atom. The van der Waals surface area contributed by atoms with E-state index in [0.29, 0.717) is 0 Å². The van der Waals surface area contributed by atoms with Gasteiger partial charge in [-0.25, -0.2) is 0 Å². The molecule has 0 aliphatic carbocycles. The Labute approximate surface area is 87.7 Å². The van der Waals surface area contributed by atoms with Crippen LogP contribution in [0.5, 0.6) is 0 Å². The lowest BCUT2D eigenvalue weighted by molar-refractivity contribution is 1.29. The van der Waals surface area contributed by atoms with Crippen LogP contribution >= 0.6 is 23.4 Å². The largest absolute Gasteiger partial charge is 0.399 e. The molecule has 0 saturated heterocycles. The van der Waals surface area contributed by atoms with Crippen LogP contribution < -0.4 is 5.73 Å². The lowest BCUT2D eigenvalue weighted by Gasteiger charge is -2.03. The molecule has 2 N–H and O–H groups in total. The molecule has 0 heterocycles. The summed E-state index contributed by atoms with van der Waals surface area (Å²) in [5.41, 5.74) is 6.35. The maximum atomic E-state index is 5.95. The molecule has 0 fully saturated rings. The number of halogens is 1. The number of terminal acetylenes is 1. The molecule has 68 valence electrons. The lowest BCUT2D eigenvalue weighted by atomic mass is 10.3. The van der Waals surface area contributed by atoms with Gasteiger partial charge in [0.15, 0.2) is 0 Å².